The zero-order valence-corrected chi connectivity index (χ0v) is 16.7. The Labute approximate surface area is 169 Å². The number of hydrogen-bond donors (Lipinski definition) is 3. The Morgan fingerprint density at radius 2 is 1.68 bits per heavy atom. The van der Waals surface area contributed by atoms with Crippen LogP contribution in [0.2, 0.25) is 0 Å². The van der Waals surface area contributed by atoms with E-state index in [0.717, 1.165) is 42.0 Å². The van der Waals surface area contributed by atoms with Crippen molar-refractivity contribution in [3.8, 4) is 11.9 Å². The molecule has 2 aromatic carbocycles. The molecule has 146 valence electrons. The number of urea groups is 1. The predicted molar refractivity (Wildman–Crippen MR) is 111 cm³/mol. The Balaban J connectivity index is 0.000000706. The second-order valence-corrected chi connectivity index (χ2v) is 7.58. The van der Waals surface area contributed by atoms with E-state index in [-0.39, 0.29) is 6.03 Å². The third kappa shape index (κ3) is 4.52. The third-order valence-electron chi connectivity index (χ3n) is 5.03. The number of ether oxygens (including phenoxy) is 1. The van der Waals surface area contributed by atoms with Gasteiger partial charge in [-0.2, -0.15) is 5.26 Å². The van der Waals surface area contributed by atoms with Gasteiger partial charge in [0.1, 0.15) is 5.75 Å². The van der Waals surface area contributed by atoms with Crippen molar-refractivity contribution in [3.05, 3.63) is 52.6 Å². The Morgan fingerprint density at radius 1 is 1.11 bits per heavy atom. The SMILES string of the molecule is COc1ccc(SNC(=O)Nc2c3c(cc4c2CCC4)CCC3)cc1.N#CN. The summed E-state index contributed by atoms with van der Waals surface area (Å²) < 4.78 is 8.04. The number of nitriles is 1. The zero-order valence-electron chi connectivity index (χ0n) is 15.9. The molecule has 4 N–H and O–H groups in total. The summed E-state index contributed by atoms with van der Waals surface area (Å²) in [5, 5.41) is 10.2. The van der Waals surface area contributed by atoms with Crippen molar-refractivity contribution in [2.45, 2.75) is 43.4 Å². The van der Waals surface area contributed by atoms with Gasteiger partial charge in [-0.15, -0.1) is 0 Å². The summed E-state index contributed by atoms with van der Waals surface area (Å²) >= 11 is 1.32. The van der Waals surface area contributed by atoms with Gasteiger partial charge in [0.2, 0.25) is 0 Å². The molecule has 2 aromatic rings. The average molecular weight is 397 g/mol. The maximum Gasteiger partial charge on any atom is 0.329 e. The number of nitrogens with one attached hydrogen (secondary N) is 2. The van der Waals surface area contributed by atoms with Crippen LogP contribution in [0, 0.1) is 11.5 Å². The standard InChI is InChI=1S/C20H22N2O2S.CH2N2/c1-24-15-8-10-16(11-9-15)25-22-20(23)21-19-17-6-2-4-13(17)12-14-5-3-7-18(14)19;2-1-3/h8-12H,2-7H2,1H3,(H2,21,22,23);2H2. The van der Waals surface area contributed by atoms with Gasteiger partial charge in [-0.25, -0.2) is 4.79 Å². The van der Waals surface area contributed by atoms with Gasteiger partial charge in [-0.05, 0) is 97.0 Å². The van der Waals surface area contributed by atoms with Crippen LogP contribution in [0.25, 0.3) is 0 Å². The van der Waals surface area contributed by atoms with Crippen LogP contribution >= 0.6 is 11.9 Å². The lowest BCUT2D eigenvalue weighted by Crippen LogP contribution is -2.24. The number of hydrogen-bond acceptors (Lipinski definition) is 5. The Morgan fingerprint density at radius 3 is 2.21 bits per heavy atom. The lowest BCUT2D eigenvalue weighted by atomic mass is 9.99. The van der Waals surface area contributed by atoms with E-state index in [4.69, 9.17) is 10.00 Å². The quantitative estimate of drug-likeness (QED) is 0.413. The Hall–Kier alpha value is -2.85. The molecule has 0 aliphatic heterocycles. The van der Waals surface area contributed by atoms with Crippen LogP contribution in [0.4, 0.5) is 10.5 Å². The summed E-state index contributed by atoms with van der Waals surface area (Å²) in [7, 11) is 1.64. The Kier molecular flexibility index (Phi) is 6.66. The minimum absolute atomic E-state index is 0.157. The van der Waals surface area contributed by atoms with Crippen molar-refractivity contribution >= 4 is 23.7 Å². The average Bonchev–Trinajstić information content (AvgIpc) is 3.36. The van der Waals surface area contributed by atoms with Crippen molar-refractivity contribution < 1.29 is 9.53 Å². The van der Waals surface area contributed by atoms with Gasteiger partial charge in [-0.3, -0.25) is 4.72 Å². The van der Waals surface area contributed by atoms with E-state index in [9.17, 15) is 4.79 Å². The van der Waals surface area contributed by atoms with Gasteiger partial charge >= 0.3 is 6.03 Å². The fourth-order valence-electron chi connectivity index (χ4n) is 3.86. The minimum atomic E-state index is -0.157. The first-order chi connectivity index (χ1) is 13.7. The lowest BCUT2D eigenvalue weighted by Gasteiger charge is -2.16. The Bertz CT molecular complexity index is 859. The minimum Gasteiger partial charge on any atom is -0.497 e. The van der Waals surface area contributed by atoms with Crippen LogP contribution in [0.15, 0.2) is 35.2 Å². The molecule has 0 unspecified atom stereocenters. The molecule has 2 aliphatic carbocycles. The highest BCUT2D eigenvalue weighted by Gasteiger charge is 2.24. The number of nitrogens with two attached hydrogens (primary N) is 1. The molecule has 2 aliphatic rings. The molecular formula is C21H24N4O2S. The van der Waals surface area contributed by atoms with E-state index < -0.39 is 0 Å². The van der Waals surface area contributed by atoms with E-state index in [2.05, 4.69) is 21.8 Å². The first-order valence-corrected chi connectivity index (χ1v) is 10.1. The molecule has 6 nitrogen and oxygen atoms in total. The maximum absolute atomic E-state index is 12.4. The number of aryl methyl sites for hydroxylation is 2. The molecule has 0 saturated carbocycles. The third-order valence-corrected chi connectivity index (χ3v) is 5.83. The molecule has 0 fully saturated rings. The fourth-order valence-corrected chi connectivity index (χ4v) is 4.39. The van der Waals surface area contributed by atoms with E-state index in [0.29, 0.717) is 0 Å². The van der Waals surface area contributed by atoms with Crippen LogP contribution < -0.4 is 20.5 Å². The second-order valence-electron chi connectivity index (χ2n) is 6.70. The molecule has 2 amide bonds. The number of benzene rings is 2. The van der Waals surface area contributed by atoms with Gasteiger partial charge in [0, 0.05) is 10.6 Å². The summed E-state index contributed by atoms with van der Waals surface area (Å²) in [5.41, 5.74) is 10.8. The number of carbonyl (C=O) groups is 1. The van der Waals surface area contributed by atoms with Crippen LogP contribution in [-0.4, -0.2) is 13.1 Å². The van der Waals surface area contributed by atoms with Gasteiger partial charge in [0.15, 0.2) is 6.19 Å². The lowest BCUT2D eigenvalue weighted by molar-refractivity contribution is 0.257. The highest BCUT2D eigenvalue weighted by atomic mass is 32.2. The summed E-state index contributed by atoms with van der Waals surface area (Å²) in [6.07, 6.45) is 8.05. The van der Waals surface area contributed by atoms with E-state index in [1.165, 1.54) is 53.2 Å². The molecular weight excluding hydrogens is 372 g/mol. The van der Waals surface area contributed by atoms with Gasteiger partial charge in [-0.1, -0.05) is 6.07 Å². The smallest absolute Gasteiger partial charge is 0.329 e. The molecule has 4 rings (SSSR count). The molecule has 0 spiro atoms. The molecule has 0 bridgehead atoms. The number of methoxy groups -OCH3 is 1. The van der Waals surface area contributed by atoms with Crippen molar-refractivity contribution in [1.29, 1.82) is 5.26 Å². The number of nitrogens with zero attached hydrogens (tertiary/aromatic N) is 1. The first kappa shape index (κ1) is 19.9. The van der Waals surface area contributed by atoms with E-state index in [1.807, 2.05) is 24.3 Å². The molecule has 0 radical (unpaired) electrons. The normalized spacial score (nSPS) is 13.4. The first-order valence-electron chi connectivity index (χ1n) is 9.30. The molecule has 0 atom stereocenters. The molecule has 0 saturated heterocycles. The van der Waals surface area contributed by atoms with Gasteiger partial charge < -0.3 is 15.8 Å². The number of anilines is 1. The molecule has 0 aromatic heterocycles. The van der Waals surface area contributed by atoms with E-state index in [1.54, 1.807) is 7.11 Å². The highest BCUT2D eigenvalue weighted by molar-refractivity contribution is 7.98. The van der Waals surface area contributed by atoms with Crippen LogP contribution in [0.5, 0.6) is 5.75 Å². The van der Waals surface area contributed by atoms with E-state index >= 15 is 0 Å². The molecule has 7 heteroatoms. The summed E-state index contributed by atoms with van der Waals surface area (Å²) in [5.74, 6) is 0.809. The van der Waals surface area contributed by atoms with Gasteiger partial charge in [0.25, 0.3) is 0 Å². The number of fused-ring (bicyclic) bond motifs is 2. The predicted octanol–water partition coefficient (Wildman–Crippen LogP) is 3.93. The monoisotopic (exact) mass is 396 g/mol. The molecule has 28 heavy (non-hydrogen) atoms. The van der Waals surface area contributed by atoms with Gasteiger partial charge in [0.05, 0.1) is 7.11 Å². The highest BCUT2D eigenvalue weighted by Crippen LogP contribution is 2.38. The topological polar surface area (TPSA) is 100 Å². The number of rotatable bonds is 4. The number of amides is 2. The summed E-state index contributed by atoms with van der Waals surface area (Å²) in [4.78, 5) is 13.4. The summed E-state index contributed by atoms with van der Waals surface area (Å²) in [6, 6.07) is 9.86. The largest absolute Gasteiger partial charge is 0.497 e. The summed E-state index contributed by atoms with van der Waals surface area (Å²) in [6.45, 7) is 0. The van der Waals surface area contributed by atoms with Crippen molar-refractivity contribution in [1.82, 2.24) is 4.72 Å². The molecule has 0 heterocycles. The van der Waals surface area contributed by atoms with Crippen LogP contribution in [0.3, 0.4) is 0 Å². The number of carbonyl (C=O) groups excluding carboxylic acids is 1. The second kappa shape index (κ2) is 9.38. The maximum atomic E-state index is 12.4. The van der Waals surface area contributed by atoms with Crippen LogP contribution in [-0.2, 0) is 25.7 Å². The fraction of sp³-hybridized carbons (Fsp3) is 0.333. The van der Waals surface area contributed by atoms with Crippen LogP contribution in [0.1, 0.15) is 35.1 Å². The zero-order chi connectivity index (χ0) is 19.9. The van der Waals surface area contributed by atoms with Crippen molar-refractivity contribution in [3.63, 3.8) is 0 Å². The van der Waals surface area contributed by atoms with Crippen molar-refractivity contribution in [2.75, 3.05) is 12.4 Å². The van der Waals surface area contributed by atoms with Crippen molar-refractivity contribution in [2.24, 2.45) is 5.73 Å².